The fourth-order valence-corrected chi connectivity index (χ4v) is 3.68. The van der Waals surface area contributed by atoms with E-state index in [2.05, 4.69) is 36.7 Å². The van der Waals surface area contributed by atoms with Gasteiger partial charge in [0, 0.05) is 25.6 Å². The van der Waals surface area contributed by atoms with E-state index in [4.69, 9.17) is 4.74 Å². The van der Waals surface area contributed by atoms with Crippen LogP contribution in [0.3, 0.4) is 0 Å². The third-order valence-corrected chi connectivity index (χ3v) is 5.65. The molecule has 0 unspecified atom stereocenters. The standard InChI is InChI=1S/C21H28BrF3N2O3/c1-20(2,3)14-6-7-17(16(22)13-14)30-12-4-5-18(28)27-10-8-15(9-11-27)26-19(29)21(23,24)25/h6-7,13,15H,4-5,8-12H2,1-3H3,(H,26,29). The molecule has 168 valence electrons. The van der Waals surface area contributed by atoms with Crippen molar-refractivity contribution in [3.8, 4) is 5.75 Å². The van der Waals surface area contributed by atoms with Gasteiger partial charge < -0.3 is 15.0 Å². The topological polar surface area (TPSA) is 58.6 Å². The minimum Gasteiger partial charge on any atom is -0.492 e. The van der Waals surface area contributed by atoms with E-state index < -0.39 is 18.1 Å². The molecule has 5 nitrogen and oxygen atoms in total. The lowest BCUT2D eigenvalue weighted by Crippen LogP contribution is -2.49. The van der Waals surface area contributed by atoms with Gasteiger partial charge in [-0.1, -0.05) is 26.8 Å². The van der Waals surface area contributed by atoms with Crippen molar-refractivity contribution in [1.82, 2.24) is 10.2 Å². The van der Waals surface area contributed by atoms with Crippen LogP contribution in [0.25, 0.3) is 0 Å². The van der Waals surface area contributed by atoms with Gasteiger partial charge in [0.2, 0.25) is 5.91 Å². The molecule has 1 aliphatic rings. The summed E-state index contributed by atoms with van der Waals surface area (Å²) in [5.74, 6) is -1.26. The number of piperidine rings is 1. The summed E-state index contributed by atoms with van der Waals surface area (Å²) in [6.07, 6.45) is -3.41. The third-order valence-electron chi connectivity index (χ3n) is 5.03. The van der Waals surface area contributed by atoms with Crippen LogP contribution in [0.1, 0.15) is 52.0 Å². The van der Waals surface area contributed by atoms with Gasteiger partial charge in [-0.05, 0) is 58.3 Å². The van der Waals surface area contributed by atoms with Crippen LogP contribution in [-0.4, -0.2) is 48.6 Å². The Morgan fingerprint density at radius 2 is 1.83 bits per heavy atom. The molecule has 1 aliphatic heterocycles. The third kappa shape index (κ3) is 7.18. The molecule has 9 heteroatoms. The summed E-state index contributed by atoms with van der Waals surface area (Å²) in [5, 5.41) is 1.98. The maximum atomic E-state index is 12.3. The molecule has 1 aromatic carbocycles. The molecule has 0 saturated carbocycles. The summed E-state index contributed by atoms with van der Waals surface area (Å²) < 4.78 is 43.6. The number of nitrogens with zero attached hydrogens (tertiary/aromatic N) is 1. The second kappa shape index (κ2) is 10.0. The number of carbonyl (C=O) groups is 2. The van der Waals surface area contributed by atoms with Crippen LogP contribution in [0, 0.1) is 0 Å². The van der Waals surface area contributed by atoms with Crippen molar-refractivity contribution in [3.63, 3.8) is 0 Å². The van der Waals surface area contributed by atoms with E-state index in [0.717, 1.165) is 10.2 Å². The molecule has 0 atom stereocenters. The van der Waals surface area contributed by atoms with Gasteiger partial charge >= 0.3 is 12.1 Å². The molecule has 1 fully saturated rings. The Morgan fingerprint density at radius 3 is 2.37 bits per heavy atom. The molecular weight excluding hydrogens is 465 g/mol. The first kappa shape index (κ1) is 24.5. The number of benzene rings is 1. The number of amides is 2. The summed E-state index contributed by atoms with van der Waals surface area (Å²) in [5.41, 5.74) is 1.22. The van der Waals surface area contributed by atoms with Gasteiger partial charge in [0.25, 0.3) is 0 Å². The molecular formula is C21H28BrF3N2O3. The smallest absolute Gasteiger partial charge is 0.471 e. The number of likely N-dealkylation sites (tertiary alicyclic amines) is 1. The molecule has 0 radical (unpaired) electrons. The van der Waals surface area contributed by atoms with E-state index in [1.54, 1.807) is 4.90 Å². The lowest BCUT2D eigenvalue weighted by molar-refractivity contribution is -0.174. The first-order valence-corrected chi connectivity index (χ1v) is 10.8. The number of nitrogens with one attached hydrogen (secondary N) is 1. The number of ether oxygens (including phenoxy) is 1. The zero-order chi connectivity index (χ0) is 22.5. The SMILES string of the molecule is CC(C)(C)c1ccc(OCCCC(=O)N2CCC(NC(=O)C(F)(F)F)CC2)c(Br)c1. The molecule has 0 bridgehead atoms. The maximum absolute atomic E-state index is 12.3. The van der Waals surface area contributed by atoms with E-state index in [-0.39, 0.29) is 11.3 Å². The number of rotatable bonds is 6. The molecule has 1 heterocycles. The second-order valence-electron chi connectivity index (χ2n) is 8.47. The molecule has 1 N–H and O–H groups in total. The Morgan fingerprint density at radius 1 is 1.20 bits per heavy atom. The van der Waals surface area contributed by atoms with Crippen LogP contribution < -0.4 is 10.1 Å². The zero-order valence-corrected chi connectivity index (χ0v) is 19.0. The molecule has 0 spiro atoms. The van der Waals surface area contributed by atoms with Crippen molar-refractivity contribution in [2.24, 2.45) is 0 Å². The number of halogens is 4. The maximum Gasteiger partial charge on any atom is 0.471 e. The molecule has 30 heavy (non-hydrogen) atoms. The Kier molecular flexibility index (Phi) is 8.19. The summed E-state index contributed by atoms with van der Waals surface area (Å²) >= 11 is 3.52. The fraction of sp³-hybridized carbons (Fsp3) is 0.619. The lowest BCUT2D eigenvalue weighted by Gasteiger charge is -2.32. The van der Waals surface area contributed by atoms with Crippen molar-refractivity contribution in [1.29, 1.82) is 0 Å². The first-order valence-electron chi connectivity index (χ1n) is 9.96. The quantitative estimate of drug-likeness (QED) is 0.591. The molecule has 0 aromatic heterocycles. The molecule has 2 rings (SSSR count). The van der Waals surface area contributed by atoms with Crippen LogP contribution in [-0.2, 0) is 15.0 Å². The van der Waals surface area contributed by atoms with Gasteiger partial charge in [-0.3, -0.25) is 9.59 Å². The summed E-state index contributed by atoms with van der Waals surface area (Å²) in [7, 11) is 0. The highest BCUT2D eigenvalue weighted by atomic mass is 79.9. The van der Waals surface area contributed by atoms with Gasteiger partial charge in [0.1, 0.15) is 5.75 Å². The number of carbonyl (C=O) groups excluding carboxylic acids is 2. The lowest BCUT2D eigenvalue weighted by atomic mass is 9.87. The Balaban J connectivity index is 1.70. The number of hydrogen-bond donors (Lipinski definition) is 1. The predicted octanol–water partition coefficient (Wildman–Crippen LogP) is 4.58. The highest BCUT2D eigenvalue weighted by Crippen LogP contribution is 2.31. The number of hydrogen-bond acceptors (Lipinski definition) is 3. The van der Waals surface area contributed by atoms with E-state index in [1.807, 2.05) is 23.5 Å². The highest BCUT2D eigenvalue weighted by Gasteiger charge is 2.40. The van der Waals surface area contributed by atoms with Gasteiger partial charge in [0.05, 0.1) is 11.1 Å². The normalized spacial score (nSPS) is 15.8. The first-order chi connectivity index (χ1) is 13.9. The van der Waals surface area contributed by atoms with Gasteiger partial charge in [0.15, 0.2) is 0 Å². The Bertz CT molecular complexity index is 755. The average molecular weight is 493 g/mol. The predicted molar refractivity (Wildman–Crippen MR) is 111 cm³/mol. The van der Waals surface area contributed by atoms with Gasteiger partial charge in [-0.2, -0.15) is 13.2 Å². The molecule has 1 saturated heterocycles. The van der Waals surface area contributed by atoms with E-state index in [1.165, 1.54) is 5.56 Å². The summed E-state index contributed by atoms with van der Waals surface area (Å²) in [6.45, 7) is 7.46. The van der Waals surface area contributed by atoms with Crippen LogP contribution in [0.5, 0.6) is 5.75 Å². The zero-order valence-electron chi connectivity index (χ0n) is 17.4. The largest absolute Gasteiger partial charge is 0.492 e. The van der Waals surface area contributed by atoms with E-state index in [0.29, 0.717) is 45.4 Å². The summed E-state index contributed by atoms with van der Waals surface area (Å²) in [6, 6.07) is 5.40. The van der Waals surface area contributed by atoms with Crippen molar-refractivity contribution in [2.75, 3.05) is 19.7 Å². The van der Waals surface area contributed by atoms with E-state index in [9.17, 15) is 22.8 Å². The molecule has 1 aromatic rings. The van der Waals surface area contributed by atoms with Gasteiger partial charge in [-0.15, -0.1) is 0 Å². The van der Waals surface area contributed by atoms with Crippen molar-refractivity contribution >= 4 is 27.7 Å². The van der Waals surface area contributed by atoms with Gasteiger partial charge in [-0.25, -0.2) is 0 Å². The van der Waals surface area contributed by atoms with Crippen molar-refractivity contribution in [2.45, 2.75) is 64.1 Å². The minimum absolute atomic E-state index is 0.0382. The highest BCUT2D eigenvalue weighted by molar-refractivity contribution is 9.10. The molecule has 0 aliphatic carbocycles. The van der Waals surface area contributed by atoms with Crippen molar-refractivity contribution in [3.05, 3.63) is 28.2 Å². The fourth-order valence-electron chi connectivity index (χ4n) is 3.19. The van der Waals surface area contributed by atoms with Crippen LogP contribution in [0.2, 0.25) is 0 Å². The van der Waals surface area contributed by atoms with E-state index >= 15 is 0 Å². The summed E-state index contributed by atoms with van der Waals surface area (Å²) in [4.78, 5) is 24.9. The molecule has 2 amide bonds. The average Bonchev–Trinajstić information content (AvgIpc) is 2.65. The number of alkyl halides is 3. The van der Waals surface area contributed by atoms with Crippen LogP contribution >= 0.6 is 15.9 Å². The van der Waals surface area contributed by atoms with Crippen molar-refractivity contribution < 1.29 is 27.5 Å². The second-order valence-corrected chi connectivity index (χ2v) is 9.33. The monoisotopic (exact) mass is 492 g/mol. The van der Waals surface area contributed by atoms with Crippen LogP contribution in [0.4, 0.5) is 13.2 Å². The minimum atomic E-state index is -4.88. The Labute approximate surface area is 183 Å². The Hall–Kier alpha value is -1.77. The van der Waals surface area contributed by atoms with Crippen LogP contribution in [0.15, 0.2) is 22.7 Å².